The highest BCUT2D eigenvalue weighted by Crippen LogP contribution is 2.41. The summed E-state index contributed by atoms with van der Waals surface area (Å²) in [6, 6.07) is 6.47. The minimum atomic E-state index is -0.266. The van der Waals surface area contributed by atoms with Crippen LogP contribution in [0, 0.1) is 17.7 Å². The predicted octanol–water partition coefficient (Wildman–Crippen LogP) is 2.04. The zero-order valence-corrected chi connectivity index (χ0v) is 17.0. The van der Waals surface area contributed by atoms with Crippen LogP contribution in [0.2, 0.25) is 0 Å². The number of carbonyl (C=O) groups excluding carboxylic acids is 2. The van der Waals surface area contributed by atoms with Crippen molar-refractivity contribution >= 4 is 11.8 Å². The van der Waals surface area contributed by atoms with Crippen LogP contribution in [0.3, 0.4) is 0 Å². The van der Waals surface area contributed by atoms with Gasteiger partial charge in [0.1, 0.15) is 18.2 Å². The number of rotatable bonds is 6. The number of piperidine rings is 3. The largest absolute Gasteiger partial charge is 0.492 e. The van der Waals surface area contributed by atoms with Crippen molar-refractivity contribution in [1.29, 1.82) is 0 Å². The lowest BCUT2D eigenvalue weighted by Gasteiger charge is -2.56. The fourth-order valence-corrected chi connectivity index (χ4v) is 5.39. The molecule has 2 amide bonds. The van der Waals surface area contributed by atoms with Crippen LogP contribution in [-0.4, -0.2) is 66.5 Å². The molecule has 4 atom stereocenters. The van der Waals surface area contributed by atoms with E-state index in [0.29, 0.717) is 37.2 Å². The van der Waals surface area contributed by atoms with Crippen molar-refractivity contribution in [2.45, 2.75) is 44.7 Å². The van der Waals surface area contributed by atoms with Crippen LogP contribution >= 0.6 is 0 Å². The fourth-order valence-electron chi connectivity index (χ4n) is 5.39. The quantitative estimate of drug-likeness (QED) is 0.790. The second-order valence-corrected chi connectivity index (χ2v) is 8.58. The normalized spacial score (nSPS) is 29.3. The molecule has 3 aliphatic rings. The molecule has 1 aromatic rings. The smallest absolute Gasteiger partial charge is 0.223 e. The van der Waals surface area contributed by atoms with Crippen LogP contribution in [0.5, 0.6) is 5.75 Å². The van der Waals surface area contributed by atoms with Crippen molar-refractivity contribution in [2.24, 2.45) is 11.8 Å². The van der Waals surface area contributed by atoms with E-state index < -0.39 is 0 Å². The summed E-state index contributed by atoms with van der Waals surface area (Å²) in [5, 5.41) is 2.95. The number of benzene rings is 1. The lowest BCUT2D eigenvalue weighted by atomic mass is 9.72. The van der Waals surface area contributed by atoms with Crippen LogP contribution in [0.15, 0.2) is 24.3 Å². The Labute approximate surface area is 171 Å². The van der Waals surface area contributed by atoms with Crippen molar-refractivity contribution < 1.29 is 18.7 Å². The first-order chi connectivity index (χ1) is 14.0. The molecule has 0 saturated carbocycles. The Balaban J connectivity index is 1.40. The van der Waals surface area contributed by atoms with Gasteiger partial charge in [0.05, 0.1) is 6.04 Å². The van der Waals surface area contributed by atoms with E-state index in [0.717, 1.165) is 38.9 Å². The third kappa shape index (κ3) is 4.55. The predicted molar refractivity (Wildman–Crippen MR) is 107 cm³/mol. The number of nitrogens with zero attached hydrogens (tertiary/aromatic N) is 2. The van der Waals surface area contributed by atoms with E-state index in [4.69, 9.17) is 4.74 Å². The third-order valence-electron chi connectivity index (χ3n) is 6.62. The summed E-state index contributed by atoms with van der Waals surface area (Å²) in [6.07, 6.45) is 3.76. The summed E-state index contributed by atoms with van der Waals surface area (Å²) in [5.74, 6) is 1.46. The molecule has 3 heterocycles. The first-order valence-electron chi connectivity index (χ1n) is 10.7. The standard InChI is InChI=1S/C22H30FN3O3/c1-15(27)24-12-21-17-11-16(20-3-2-4-22(28)26(20)21)13-25(14-17)9-10-29-19-7-5-18(23)6-8-19/h5-8,16-17,20-21H,2-4,9-14H2,1H3,(H,24,27)/t16-,17+,20+,21+/m1/s1. The Morgan fingerprint density at radius 3 is 2.76 bits per heavy atom. The summed E-state index contributed by atoms with van der Waals surface area (Å²) < 4.78 is 18.8. The van der Waals surface area contributed by atoms with Gasteiger partial charge >= 0.3 is 0 Å². The van der Waals surface area contributed by atoms with E-state index in [1.54, 1.807) is 12.1 Å². The molecule has 1 N–H and O–H groups in total. The number of halogens is 1. The Bertz CT molecular complexity index is 741. The van der Waals surface area contributed by atoms with Gasteiger partial charge in [-0.1, -0.05) is 0 Å². The molecule has 29 heavy (non-hydrogen) atoms. The van der Waals surface area contributed by atoms with Crippen LogP contribution in [-0.2, 0) is 9.59 Å². The summed E-state index contributed by atoms with van der Waals surface area (Å²) in [6.45, 7) is 5.30. The fraction of sp³-hybridized carbons (Fsp3) is 0.636. The number of hydrogen-bond donors (Lipinski definition) is 1. The van der Waals surface area contributed by atoms with Gasteiger partial charge in [-0.25, -0.2) is 4.39 Å². The number of amides is 2. The summed E-state index contributed by atoms with van der Waals surface area (Å²) >= 11 is 0. The SMILES string of the molecule is CC(=O)NC[C@H]1[C@H]2C[C@H](CN(CCOc3ccc(F)cc3)C2)[C@@H]2CCCC(=O)N21. The average Bonchev–Trinajstić information content (AvgIpc) is 2.70. The highest BCUT2D eigenvalue weighted by molar-refractivity contribution is 5.78. The molecule has 2 bridgehead atoms. The molecule has 7 heteroatoms. The molecule has 0 aromatic heterocycles. The van der Waals surface area contributed by atoms with Gasteiger partial charge in [-0.15, -0.1) is 0 Å². The molecule has 3 aliphatic heterocycles. The molecule has 158 valence electrons. The van der Waals surface area contributed by atoms with Gasteiger partial charge in [-0.2, -0.15) is 0 Å². The molecule has 3 saturated heterocycles. The van der Waals surface area contributed by atoms with Crippen molar-refractivity contribution in [3.8, 4) is 5.75 Å². The second-order valence-electron chi connectivity index (χ2n) is 8.58. The maximum absolute atomic E-state index is 13.0. The lowest BCUT2D eigenvalue weighted by Crippen LogP contribution is -2.67. The summed E-state index contributed by atoms with van der Waals surface area (Å²) in [5.41, 5.74) is 0. The third-order valence-corrected chi connectivity index (χ3v) is 6.62. The minimum absolute atomic E-state index is 0.0477. The Hall–Kier alpha value is -2.15. The topological polar surface area (TPSA) is 61.9 Å². The number of nitrogens with one attached hydrogen (secondary N) is 1. The molecule has 0 spiro atoms. The number of fused-ring (bicyclic) bond motifs is 4. The molecule has 0 radical (unpaired) electrons. The van der Waals surface area contributed by atoms with E-state index in [1.807, 2.05) is 0 Å². The van der Waals surface area contributed by atoms with Gasteiger partial charge < -0.3 is 15.0 Å². The van der Waals surface area contributed by atoms with Crippen LogP contribution in [0.4, 0.5) is 4.39 Å². The molecular formula is C22H30FN3O3. The zero-order chi connectivity index (χ0) is 20.4. The van der Waals surface area contributed by atoms with E-state index in [2.05, 4.69) is 15.1 Å². The Morgan fingerprint density at radius 2 is 2.00 bits per heavy atom. The van der Waals surface area contributed by atoms with Crippen LogP contribution in [0.1, 0.15) is 32.6 Å². The lowest BCUT2D eigenvalue weighted by molar-refractivity contribution is -0.153. The number of carbonyl (C=O) groups is 2. The molecule has 0 unspecified atom stereocenters. The Morgan fingerprint density at radius 1 is 1.24 bits per heavy atom. The van der Waals surface area contributed by atoms with E-state index in [-0.39, 0.29) is 29.7 Å². The van der Waals surface area contributed by atoms with Gasteiger partial charge in [0.15, 0.2) is 0 Å². The first-order valence-corrected chi connectivity index (χ1v) is 10.7. The Kier molecular flexibility index (Phi) is 6.04. The van der Waals surface area contributed by atoms with Gasteiger partial charge in [-0.3, -0.25) is 14.5 Å². The van der Waals surface area contributed by atoms with Crippen LogP contribution in [0.25, 0.3) is 0 Å². The number of hydrogen-bond acceptors (Lipinski definition) is 4. The van der Waals surface area contributed by atoms with Crippen LogP contribution < -0.4 is 10.1 Å². The highest BCUT2D eigenvalue weighted by Gasteiger charge is 2.49. The van der Waals surface area contributed by atoms with Crippen molar-refractivity contribution in [3.05, 3.63) is 30.1 Å². The maximum atomic E-state index is 13.0. The van der Waals surface area contributed by atoms with E-state index in [9.17, 15) is 14.0 Å². The maximum Gasteiger partial charge on any atom is 0.223 e. The minimum Gasteiger partial charge on any atom is -0.492 e. The summed E-state index contributed by atoms with van der Waals surface area (Å²) in [4.78, 5) is 28.7. The molecule has 0 aliphatic carbocycles. The molecule has 1 aromatic carbocycles. The van der Waals surface area contributed by atoms with Crippen molar-refractivity contribution in [3.63, 3.8) is 0 Å². The first kappa shape index (κ1) is 20.1. The van der Waals surface area contributed by atoms with Gasteiger partial charge in [0.25, 0.3) is 0 Å². The second kappa shape index (κ2) is 8.69. The van der Waals surface area contributed by atoms with Gasteiger partial charge in [-0.05, 0) is 55.4 Å². The monoisotopic (exact) mass is 403 g/mol. The highest BCUT2D eigenvalue weighted by atomic mass is 19.1. The van der Waals surface area contributed by atoms with E-state index in [1.165, 1.54) is 19.1 Å². The van der Waals surface area contributed by atoms with Gasteiger partial charge in [0.2, 0.25) is 11.8 Å². The van der Waals surface area contributed by atoms with Gasteiger partial charge in [0, 0.05) is 45.6 Å². The van der Waals surface area contributed by atoms with Crippen molar-refractivity contribution in [2.75, 3.05) is 32.8 Å². The molecule has 3 fully saturated rings. The summed E-state index contributed by atoms with van der Waals surface area (Å²) in [7, 11) is 0. The number of likely N-dealkylation sites (tertiary alicyclic amines) is 1. The molecular weight excluding hydrogens is 373 g/mol. The van der Waals surface area contributed by atoms with Crippen molar-refractivity contribution in [1.82, 2.24) is 15.1 Å². The van der Waals surface area contributed by atoms with E-state index >= 15 is 0 Å². The number of ether oxygens (including phenoxy) is 1. The average molecular weight is 403 g/mol. The zero-order valence-electron chi connectivity index (χ0n) is 17.0. The molecule has 6 nitrogen and oxygen atoms in total. The molecule has 4 rings (SSSR count).